The van der Waals surface area contributed by atoms with Gasteiger partial charge in [-0.05, 0) is 24.0 Å². The van der Waals surface area contributed by atoms with Crippen molar-refractivity contribution in [2.75, 3.05) is 19.7 Å². The Morgan fingerprint density at radius 2 is 1.85 bits per heavy atom. The third-order valence-electron chi connectivity index (χ3n) is 5.14. The topological polar surface area (TPSA) is 30.5 Å². The number of hydrogen-bond acceptors (Lipinski definition) is 3. The zero-order valence-electron chi connectivity index (χ0n) is 12.0. The molecule has 1 saturated carbocycles. The molecule has 0 radical (unpaired) electrons. The summed E-state index contributed by atoms with van der Waals surface area (Å²) in [5.74, 6) is 0. The van der Waals surface area contributed by atoms with Crippen molar-refractivity contribution in [3.05, 3.63) is 35.4 Å². The molecule has 1 atom stereocenters. The van der Waals surface area contributed by atoms with Crippen LogP contribution in [0.3, 0.4) is 0 Å². The fourth-order valence-corrected chi connectivity index (χ4v) is 4.18. The van der Waals surface area contributed by atoms with E-state index < -0.39 is 0 Å². The molecule has 0 aromatic heterocycles. The molecule has 0 bridgehead atoms. The molecule has 1 aliphatic carbocycles. The summed E-state index contributed by atoms with van der Waals surface area (Å²) in [4.78, 5) is 0. The molecule has 1 N–H and O–H groups in total. The zero-order chi connectivity index (χ0) is 13.5. The zero-order valence-corrected chi connectivity index (χ0v) is 12.0. The molecule has 1 aromatic carbocycles. The van der Waals surface area contributed by atoms with Crippen LogP contribution in [0.1, 0.15) is 43.2 Å². The molecular formula is C17H23NO2. The molecule has 2 fully saturated rings. The molecule has 2 spiro atoms. The van der Waals surface area contributed by atoms with Crippen molar-refractivity contribution in [2.45, 2.75) is 49.9 Å². The van der Waals surface area contributed by atoms with E-state index in [2.05, 4.69) is 29.6 Å². The highest BCUT2D eigenvalue weighted by molar-refractivity contribution is 5.35. The van der Waals surface area contributed by atoms with Crippen LogP contribution in [-0.2, 0) is 21.7 Å². The Balaban J connectivity index is 1.70. The third kappa shape index (κ3) is 2.00. The van der Waals surface area contributed by atoms with Crippen LogP contribution in [-0.4, -0.2) is 25.3 Å². The first kappa shape index (κ1) is 12.8. The molecule has 3 aliphatic rings. The lowest BCUT2D eigenvalue weighted by atomic mass is 9.79. The molecule has 2 aliphatic heterocycles. The van der Waals surface area contributed by atoms with Crippen LogP contribution in [0.25, 0.3) is 0 Å². The van der Waals surface area contributed by atoms with E-state index in [0.717, 1.165) is 13.1 Å². The summed E-state index contributed by atoms with van der Waals surface area (Å²) in [6.07, 6.45) is 6.31. The summed E-state index contributed by atoms with van der Waals surface area (Å²) in [5.41, 5.74) is 2.38. The standard InChI is InChI=1S/C17H23NO2/c1-4-8-16(9-5-1)11-18-12-17(20-16)13-19-10-14-6-2-3-7-15(14)17/h2-3,6-7,18H,1,4-5,8-13H2. The smallest absolute Gasteiger partial charge is 0.130 e. The molecule has 3 nitrogen and oxygen atoms in total. The normalized spacial score (nSPS) is 32.2. The Labute approximate surface area is 120 Å². The lowest BCUT2D eigenvalue weighted by Gasteiger charge is -2.52. The molecule has 0 amide bonds. The summed E-state index contributed by atoms with van der Waals surface area (Å²) in [6, 6.07) is 8.61. The largest absolute Gasteiger partial charge is 0.373 e. The fourth-order valence-electron chi connectivity index (χ4n) is 4.18. The monoisotopic (exact) mass is 273 g/mol. The highest BCUT2D eigenvalue weighted by atomic mass is 16.6. The molecule has 1 aromatic rings. The Bertz CT molecular complexity index is 490. The van der Waals surface area contributed by atoms with E-state index in [9.17, 15) is 0 Å². The maximum Gasteiger partial charge on any atom is 0.130 e. The van der Waals surface area contributed by atoms with E-state index in [1.807, 2.05) is 0 Å². The Morgan fingerprint density at radius 1 is 1.00 bits per heavy atom. The van der Waals surface area contributed by atoms with Gasteiger partial charge in [-0.3, -0.25) is 0 Å². The quantitative estimate of drug-likeness (QED) is 0.788. The van der Waals surface area contributed by atoms with Gasteiger partial charge < -0.3 is 14.8 Å². The summed E-state index contributed by atoms with van der Waals surface area (Å²) < 4.78 is 12.6. The number of morpholine rings is 1. The number of rotatable bonds is 0. The Morgan fingerprint density at radius 3 is 2.75 bits per heavy atom. The lowest BCUT2D eigenvalue weighted by molar-refractivity contribution is -0.225. The number of nitrogens with one attached hydrogen (secondary N) is 1. The van der Waals surface area contributed by atoms with Crippen molar-refractivity contribution in [1.29, 1.82) is 0 Å². The second-order valence-corrected chi connectivity index (χ2v) is 6.59. The summed E-state index contributed by atoms with van der Waals surface area (Å²) in [7, 11) is 0. The van der Waals surface area contributed by atoms with Crippen LogP contribution in [0, 0.1) is 0 Å². The second kappa shape index (κ2) is 4.83. The summed E-state index contributed by atoms with van der Waals surface area (Å²) >= 11 is 0. The Kier molecular flexibility index (Phi) is 3.09. The maximum atomic E-state index is 6.78. The van der Waals surface area contributed by atoms with Gasteiger partial charge in [0.25, 0.3) is 0 Å². The predicted octanol–water partition coefficient (Wildman–Crippen LogP) is 2.73. The van der Waals surface area contributed by atoms with E-state index in [-0.39, 0.29) is 11.2 Å². The van der Waals surface area contributed by atoms with Gasteiger partial charge in [-0.1, -0.05) is 43.5 Å². The van der Waals surface area contributed by atoms with Gasteiger partial charge in [0.1, 0.15) is 5.60 Å². The van der Waals surface area contributed by atoms with Crippen LogP contribution >= 0.6 is 0 Å². The SMILES string of the molecule is c1ccc2c(c1)COCC21CNCC2(CCCCC2)O1. The average Bonchev–Trinajstić information content (AvgIpc) is 2.49. The van der Waals surface area contributed by atoms with Gasteiger partial charge in [0.2, 0.25) is 0 Å². The first-order valence-electron chi connectivity index (χ1n) is 7.89. The van der Waals surface area contributed by atoms with Crippen molar-refractivity contribution < 1.29 is 9.47 Å². The van der Waals surface area contributed by atoms with E-state index >= 15 is 0 Å². The van der Waals surface area contributed by atoms with Gasteiger partial charge in [0, 0.05) is 13.1 Å². The lowest BCUT2D eigenvalue weighted by Crippen LogP contribution is -2.62. The fraction of sp³-hybridized carbons (Fsp3) is 0.647. The number of hydrogen-bond donors (Lipinski definition) is 1. The molecule has 3 heteroatoms. The van der Waals surface area contributed by atoms with Crippen molar-refractivity contribution in [2.24, 2.45) is 0 Å². The van der Waals surface area contributed by atoms with Gasteiger partial charge in [0.15, 0.2) is 0 Å². The van der Waals surface area contributed by atoms with Crippen LogP contribution in [0.2, 0.25) is 0 Å². The summed E-state index contributed by atoms with van der Waals surface area (Å²) in [5, 5.41) is 3.64. The number of fused-ring (bicyclic) bond motifs is 2. The Hall–Kier alpha value is -0.900. The first-order valence-corrected chi connectivity index (χ1v) is 7.89. The molecule has 1 unspecified atom stereocenters. The van der Waals surface area contributed by atoms with Gasteiger partial charge in [-0.25, -0.2) is 0 Å². The maximum absolute atomic E-state index is 6.78. The number of benzene rings is 1. The van der Waals surface area contributed by atoms with Crippen LogP contribution in [0.4, 0.5) is 0 Å². The van der Waals surface area contributed by atoms with Gasteiger partial charge in [-0.2, -0.15) is 0 Å². The molecule has 1 saturated heterocycles. The molecule has 108 valence electrons. The third-order valence-corrected chi connectivity index (χ3v) is 5.14. The molecule has 20 heavy (non-hydrogen) atoms. The average molecular weight is 273 g/mol. The second-order valence-electron chi connectivity index (χ2n) is 6.59. The minimum absolute atomic E-state index is 0.0321. The van der Waals surface area contributed by atoms with Crippen molar-refractivity contribution in [3.8, 4) is 0 Å². The minimum atomic E-state index is -0.273. The van der Waals surface area contributed by atoms with E-state index in [0.29, 0.717) is 13.2 Å². The van der Waals surface area contributed by atoms with Crippen LogP contribution in [0.15, 0.2) is 24.3 Å². The van der Waals surface area contributed by atoms with Gasteiger partial charge in [0.05, 0.1) is 18.8 Å². The van der Waals surface area contributed by atoms with Gasteiger partial charge in [-0.15, -0.1) is 0 Å². The molecular weight excluding hydrogens is 250 g/mol. The highest BCUT2D eigenvalue weighted by Crippen LogP contribution is 2.43. The van der Waals surface area contributed by atoms with E-state index in [4.69, 9.17) is 9.47 Å². The predicted molar refractivity (Wildman–Crippen MR) is 77.5 cm³/mol. The first-order chi connectivity index (χ1) is 9.82. The van der Waals surface area contributed by atoms with E-state index in [1.54, 1.807) is 0 Å². The molecule has 2 heterocycles. The van der Waals surface area contributed by atoms with Crippen LogP contribution < -0.4 is 5.32 Å². The van der Waals surface area contributed by atoms with Crippen molar-refractivity contribution >= 4 is 0 Å². The van der Waals surface area contributed by atoms with E-state index in [1.165, 1.54) is 43.2 Å². The minimum Gasteiger partial charge on any atom is -0.373 e. The number of ether oxygens (including phenoxy) is 2. The molecule has 4 rings (SSSR count). The van der Waals surface area contributed by atoms with Crippen molar-refractivity contribution in [1.82, 2.24) is 5.32 Å². The summed E-state index contributed by atoms with van der Waals surface area (Å²) in [6.45, 7) is 3.26. The highest BCUT2D eigenvalue weighted by Gasteiger charge is 2.49. The van der Waals surface area contributed by atoms with Gasteiger partial charge >= 0.3 is 0 Å². The van der Waals surface area contributed by atoms with Crippen molar-refractivity contribution in [3.63, 3.8) is 0 Å². The van der Waals surface area contributed by atoms with Crippen LogP contribution in [0.5, 0.6) is 0 Å².